The smallest absolute Gasteiger partial charge is 0.211 e. The fourth-order valence-electron chi connectivity index (χ4n) is 3.14. The molecule has 2 heterocycles. The minimum Gasteiger partial charge on any atom is -0.370 e. The first-order valence-electron chi connectivity index (χ1n) is 7.86. The van der Waals surface area contributed by atoms with E-state index in [9.17, 15) is 8.42 Å². The van der Waals surface area contributed by atoms with Crippen LogP contribution < -0.4 is 5.73 Å². The number of aliphatic imine (C=N–C) groups is 1. The van der Waals surface area contributed by atoms with Crippen LogP contribution in [0.4, 0.5) is 0 Å². The Bertz CT molecular complexity index is 475. The molecule has 2 N–H and O–H groups in total. The molecule has 0 spiro atoms. The number of piperidine rings is 2. The van der Waals surface area contributed by atoms with Gasteiger partial charge in [-0.05, 0) is 37.5 Å². The molecule has 0 amide bonds. The van der Waals surface area contributed by atoms with Gasteiger partial charge in [0, 0.05) is 32.7 Å². The van der Waals surface area contributed by atoms with Crippen molar-refractivity contribution < 1.29 is 8.42 Å². The first-order chi connectivity index (χ1) is 9.86. The highest BCUT2D eigenvalue weighted by atomic mass is 127. The average molecular weight is 444 g/mol. The monoisotopic (exact) mass is 444 g/mol. The molecule has 2 saturated heterocycles. The molecule has 0 aromatic carbocycles. The summed E-state index contributed by atoms with van der Waals surface area (Å²) in [5.74, 6) is 1.79. The zero-order valence-electron chi connectivity index (χ0n) is 13.6. The minimum atomic E-state index is -3.04. The van der Waals surface area contributed by atoms with Crippen molar-refractivity contribution in [1.82, 2.24) is 9.21 Å². The molecule has 1 unspecified atom stereocenters. The summed E-state index contributed by atoms with van der Waals surface area (Å²) in [4.78, 5) is 6.73. The van der Waals surface area contributed by atoms with Gasteiger partial charge in [-0.25, -0.2) is 12.7 Å². The Hall–Kier alpha value is -0.0900. The molecule has 0 saturated carbocycles. The molecule has 2 aliphatic rings. The molecular weight excluding hydrogens is 415 g/mol. The predicted octanol–water partition coefficient (Wildman–Crippen LogP) is 1.32. The third-order valence-corrected chi connectivity index (χ3v) is 5.84. The topological polar surface area (TPSA) is 79.0 Å². The van der Waals surface area contributed by atoms with Gasteiger partial charge in [-0.15, -0.1) is 24.0 Å². The number of nitrogens with two attached hydrogens (primary N) is 1. The molecule has 0 radical (unpaired) electrons. The Labute approximate surface area is 151 Å². The molecule has 1 atom stereocenters. The SMILES string of the molecule is CC1CCCN(C(N)=NCC2CCN(S(C)(=O)=O)CC2)C1.I. The van der Waals surface area contributed by atoms with Crippen LogP contribution in [0.25, 0.3) is 0 Å². The molecular formula is C14H29IN4O2S. The van der Waals surface area contributed by atoms with Crippen molar-refractivity contribution in [2.45, 2.75) is 32.6 Å². The van der Waals surface area contributed by atoms with Crippen molar-refractivity contribution in [2.24, 2.45) is 22.6 Å². The second-order valence-electron chi connectivity index (χ2n) is 6.50. The van der Waals surface area contributed by atoms with Crippen LogP contribution in [-0.4, -0.2) is 62.6 Å². The van der Waals surface area contributed by atoms with Crippen LogP contribution in [-0.2, 0) is 10.0 Å². The number of rotatable bonds is 3. The maximum Gasteiger partial charge on any atom is 0.211 e. The van der Waals surface area contributed by atoms with Gasteiger partial charge in [0.15, 0.2) is 5.96 Å². The molecule has 2 rings (SSSR count). The summed E-state index contributed by atoms with van der Waals surface area (Å²) in [6.45, 7) is 6.20. The van der Waals surface area contributed by atoms with E-state index in [0.717, 1.165) is 25.9 Å². The lowest BCUT2D eigenvalue weighted by atomic mass is 9.98. The predicted molar refractivity (Wildman–Crippen MR) is 101 cm³/mol. The van der Waals surface area contributed by atoms with Crippen molar-refractivity contribution in [3.63, 3.8) is 0 Å². The third-order valence-electron chi connectivity index (χ3n) is 4.54. The zero-order valence-corrected chi connectivity index (χ0v) is 16.7. The number of guanidine groups is 1. The molecule has 0 bridgehead atoms. The van der Waals surface area contributed by atoms with Gasteiger partial charge in [-0.1, -0.05) is 6.92 Å². The van der Waals surface area contributed by atoms with Crippen LogP contribution in [0.1, 0.15) is 32.6 Å². The van der Waals surface area contributed by atoms with E-state index in [1.54, 1.807) is 4.31 Å². The second kappa shape index (κ2) is 8.68. The highest BCUT2D eigenvalue weighted by molar-refractivity contribution is 14.0. The number of hydrogen-bond donors (Lipinski definition) is 1. The first-order valence-corrected chi connectivity index (χ1v) is 9.71. The molecule has 22 heavy (non-hydrogen) atoms. The molecule has 0 aromatic rings. The van der Waals surface area contributed by atoms with E-state index >= 15 is 0 Å². The number of likely N-dealkylation sites (tertiary alicyclic amines) is 1. The van der Waals surface area contributed by atoms with E-state index in [2.05, 4.69) is 16.8 Å². The Morgan fingerprint density at radius 3 is 2.41 bits per heavy atom. The van der Waals surface area contributed by atoms with Crippen molar-refractivity contribution >= 4 is 40.0 Å². The first kappa shape index (κ1) is 20.0. The van der Waals surface area contributed by atoms with Gasteiger partial charge >= 0.3 is 0 Å². The summed E-state index contributed by atoms with van der Waals surface area (Å²) in [7, 11) is -3.04. The number of hydrogen-bond acceptors (Lipinski definition) is 3. The van der Waals surface area contributed by atoms with Crippen LogP contribution in [0.3, 0.4) is 0 Å². The summed E-state index contributed by atoms with van der Waals surface area (Å²) in [5.41, 5.74) is 6.09. The van der Waals surface area contributed by atoms with Crippen LogP contribution >= 0.6 is 24.0 Å². The molecule has 0 aromatic heterocycles. The molecule has 8 heteroatoms. The maximum absolute atomic E-state index is 11.5. The lowest BCUT2D eigenvalue weighted by Crippen LogP contribution is -2.44. The van der Waals surface area contributed by atoms with Crippen molar-refractivity contribution in [3.8, 4) is 0 Å². The normalized spacial score (nSPS) is 25.8. The van der Waals surface area contributed by atoms with Gasteiger partial charge in [0.1, 0.15) is 0 Å². The Morgan fingerprint density at radius 2 is 1.86 bits per heavy atom. The summed E-state index contributed by atoms with van der Waals surface area (Å²) in [5, 5.41) is 0. The number of sulfonamides is 1. The lowest BCUT2D eigenvalue weighted by molar-refractivity contribution is 0.265. The van der Waals surface area contributed by atoms with E-state index < -0.39 is 10.0 Å². The summed E-state index contributed by atoms with van der Waals surface area (Å²) in [6.07, 6.45) is 5.49. The fraction of sp³-hybridized carbons (Fsp3) is 0.929. The maximum atomic E-state index is 11.5. The quantitative estimate of drug-likeness (QED) is 0.405. The number of halogens is 1. The third kappa shape index (κ3) is 5.84. The van der Waals surface area contributed by atoms with Crippen molar-refractivity contribution in [3.05, 3.63) is 0 Å². The zero-order chi connectivity index (χ0) is 15.5. The van der Waals surface area contributed by atoms with E-state index in [0.29, 0.717) is 37.4 Å². The van der Waals surface area contributed by atoms with Crippen molar-refractivity contribution in [1.29, 1.82) is 0 Å². The van der Waals surface area contributed by atoms with Gasteiger partial charge in [0.2, 0.25) is 10.0 Å². The van der Waals surface area contributed by atoms with E-state index in [-0.39, 0.29) is 24.0 Å². The molecule has 0 aliphatic carbocycles. The van der Waals surface area contributed by atoms with Gasteiger partial charge in [0.05, 0.1) is 6.26 Å². The summed E-state index contributed by atoms with van der Waals surface area (Å²) >= 11 is 0. The van der Waals surface area contributed by atoms with Gasteiger partial charge in [-0.2, -0.15) is 0 Å². The summed E-state index contributed by atoms with van der Waals surface area (Å²) in [6, 6.07) is 0. The van der Waals surface area contributed by atoms with Gasteiger partial charge in [-0.3, -0.25) is 4.99 Å². The Balaban J connectivity index is 0.00000242. The van der Waals surface area contributed by atoms with E-state index in [1.165, 1.54) is 19.1 Å². The largest absolute Gasteiger partial charge is 0.370 e. The lowest BCUT2D eigenvalue weighted by Gasteiger charge is -2.32. The van der Waals surface area contributed by atoms with E-state index in [4.69, 9.17) is 5.73 Å². The number of nitrogens with zero attached hydrogens (tertiary/aromatic N) is 3. The Morgan fingerprint density at radius 1 is 1.23 bits per heavy atom. The molecule has 130 valence electrons. The van der Waals surface area contributed by atoms with E-state index in [1.807, 2.05) is 0 Å². The molecule has 2 fully saturated rings. The second-order valence-corrected chi connectivity index (χ2v) is 8.48. The molecule has 6 nitrogen and oxygen atoms in total. The standard InChI is InChI=1S/C14H28N4O2S.HI/c1-12-4-3-7-17(11-12)14(15)16-10-13-5-8-18(9-6-13)21(2,19)20;/h12-13H,3-11H2,1-2H3,(H2,15,16);1H. The average Bonchev–Trinajstić information content (AvgIpc) is 2.44. The van der Waals surface area contributed by atoms with Gasteiger partial charge in [0.25, 0.3) is 0 Å². The van der Waals surface area contributed by atoms with Crippen LogP contribution in [0.2, 0.25) is 0 Å². The van der Waals surface area contributed by atoms with Crippen molar-refractivity contribution in [2.75, 3.05) is 39.0 Å². The minimum absolute atomic E-state index is 0. The van der Waals surface area contributed by atoms with Crippen LogP contribution in [0, 0.1) is 11.8 Å². The fourth-order valence-corrected chi connectivity index (χ4v) is 4.02. The Kier molecular flexibility index (Phi) is 7.87. The highest BCUT2D eigenvalue weighted by Crippen LogP contribution is 2.20. The van der Waals surface area contributed by atoms with Crippen LogP contribution in [0.15, 0.2) is 4.99 Å². The van der Waals surface area contributed by atoms with Gasteiger partial charge < -0.3 is 10.6 Å². The van der Waals surface area contributed by atoms with Crippen LogP contribution in [0.5, 0.6) is 0 Å². The molecule has 2 aliphatic heterocycles. The summed E-state index contributed by atoms with van der Waals surface area (Å²) < 4.78 is 24.5. The highest BCUT2D eigenvalue weighted by Gasteiger charge is 2.25.